The van der Waals surface area contributed by atoms with Gasteiger partial charge in [0.2, 0.25) is 0 Å². The molecule has 0 unspecified atom stereocenters. The van der Waals surface area contributed by atoms with Crippen molar-refractivity contribution in [3.05, 3.63) is 35.9 Å². The Morgan fingerprint density at radius 1 is 1.36 bits per heavy atom. The molecule has 0 heterocycles. The third-order valence-electron chi connectivity index (χ3n) is 1.99. The van der Waals surface area contributed by atoms with Crippen LogP contribution < -0.4 is 18.9 Å². The van der Waals surface area contributed by atoms with Crippen molar-refractivity contribution in [1.82, 2.24) is 4.90 Å². The predicted molar refractivity (Wildman–Crippen MR) is 52.5 cm³/mol. The maximum absolute atomic E-state index is 11.7. The van der Waals surface area contributed by atoms with Gasteiger partial charge in [0.25, 0.3) is 0 Å². The molecule has 0 N–H and O–H groups in total. The van der Waals surface area contributed by atoms with Crippen LogP contribution in [0.4, 0.5) is 0 Å². The molecular weight excluding hydrogens is 169 g/mol. The molecule has 1 aromatic rings. The molecule has 0 atom stereocenters. The first kappa shape index (κ1) is 13.3. The van der Waals surface area contributed by atoms with Gasteiger partial charge in [0.05, 0.1) is 0 Å². The van der Waals surface area contributed by atoms with Crippen LogP contribution in [0.15, 0.2) is 24.3 Å². The van der Waals surface area contributed by atoms with Crippen molar-refractivity contribution in [3.63, 3.8) is 0 Å². The van der Waals surface area contributed by atoms with Gasteiger partial charge < -0.3 is 9.69 Å². The van der Waals surface area contributed by atoms with Gasteiger partial charge in [-0.1, -0.05) is 5.56 Å². The van der Waals surface area contributed by atoms with Crippen LogP contribution in [0.1, 0.15) is 24.2 Å². The Kier molecular flexibility index (Phi) is 6.36. The van der Waals surface area contributed by atoms with Gasteiger partial charge in [0, 0.05) is 13.1 Å². The van der Waals surface area contributed by atoms with Gasteiger partial charge in [-0.15, -0.1) is 30.3 Å². The fourth-order valence-electron chi connectivity index (χ4n) is 1.21. The number of hydrogen-bond donors (Lipinski definition) is 0. The van der Waals surface area contributed by atoms with Gasteiger partial charge in [-0.2, -0.15) is 0 Å². The van der Waals surface area contributed by atoms with Gasteiger partial charge in [-0.05, 0) is 13.8 Å². The fourth-order valence-corrected chi connectivity index (χ4v) is 1.21. The molecule has 0 saturated heterocycles. The molecule has 3 heteroatoms. The summed E-state index contributed by atoms with van der Waals surface area (Å²) in [6, 6.07) is 10.2. The second kappa shape index (κ2) is 6.70. The Hall–Kier alpha value is -0.713. The van der Waals surface area contributed by atoms with Crippen LogP contribution in [-0.2, 0) is 0 Å². The van der Waals surface area contributed by atoms with Crippen LogP contribution in [0, 0.1) is 6.07 Å². The van der Waals surface area contributed by atoms with Crippen LogP contribution in [-0.4, -0.2) is 23.9 Å². The number of rotatable bonds is 3. The summed E-state index contributed by atoms with van der Waals surface area (Å²) < 4.78 is 0. The van der Waals surface area contributed by atoms with Crippen molar-refractivity contribution in [2.75, 3.05) is 13.1 Å². The normalized spacial score (nSPS) is 9.00. The van der Waals surface area contributed by atoms with Crippen LogP contribution in [0.2, 0.25) is 0 Å². The molecule has 0 aliphatic heterocycles. The third-order valence-corrected chi connectivity index (χ3v) is 1.99. The summed E-state index contributed by atoms with van der Waals surface area (Å²) in [4.78, 5) is 13.5. The van der Waals surface area contributed by atoms with Crippen molar-refractivity contribution >= 4 is 5.91 Å². The van der Waals surface area contributed by atoms with E-state index in [0.29, 0.717) is 5.56 Å². The Bertz CT molecular complexity index is 270. The zero-order chi connectivity index (χ0) is 9.68. The van der Waals surface area contributed by atoms with Gasteiger partial charge in [-0.25, -0.2) is 0 Å². The molecule has 1 amide bonds. The number of carbonyl (C=O) groups excluding carboxylic acids is 1. The van der Waals surface area contributed by atoms with E-state index in [9.17, 15) is 4.79 Å². The standard InChI is InChI=1S/C11H14NO.Li/c1-3-12(4-2)11(13)10-8-6-5-7-9-10;/h5-8H,3-4H2,1-2H3;/q-1;+1. The summed E-state index contributed by atoms with van der Waals surface area (Å²) in [7, 11) is 0. The SMILES string of the molecule is CCN(CC)C(=O)c1[c-]cccc1.[Li+]. The van der Waals surface area contributed by atoms with Gasteiger partial charge in [0.15, 0.2) is 5.91 Å². The molecule has 0 saturated carbocycles. The summed E-state index contributed by atoms with van der Waals surface area (Å²) in [5.74, 6) is 0.0607. The molecule has 0 aliphatic rings. The topological polar surface area (TPSA) is 20.3 Å². The van der Waals surface area contributed by atoms with Crippen molar-refractivity contribution in [2.45, 2.75) is 13.8 Å². The second-order valence-electron chi connectivity index (χ2n) is 2.75. The van der Waals surface area contributed by atoms with Crippen LogP contribution >= 0.6 is 0 Å². The van der Waals surface area contributed by atoms with Gasteiger partial charge in [0.1, 0.15) is 0 Å². The molecule has 70 valence electrons. The monoisotopic (exact) mass is 183 g/mol. The quantitative estimate of drug-likeness (QED) is 0.433. The van der Waals surface area contributed by atoms with E-state index in [1.807, 2.05) is 26.0 Å². The first-order chi connectivity index (χ1) is 6.29. The van der Waals surface area contributed by atoms with E-state index in [0.717, 1.165) is 13.1 Å². The number of benzene rings is 1. The maximum Gasteiger partial charge on any atom is 1.00 e. The molecule has 14 heavy (non-hydrogen) atoms. The van der Waals surface area contributed by atoms with Crippen LogP contribution in [0.25, 0.3) is 0 Å². The van der Waals surface area contributed by atoms with Crippen LogP contribution in [0.3, 0.4) is 0 Å². The zero-order valence-corrected chi connectivity index (χ0v) is 9.08. The smallest absolute Gasteiger partial charge is 0.379 e. The van der Waals surface area contributed by atoms with Gasteiger partial charge in [-0.3, -0.25) is 0 Å². The Morgan fingerprint density at radius 2 is 2.00 bits per heavy atom. The molecule has 2 nitrogen and oxygen atoms in total. The average Bonchev–Trinajstić information content (AvgIpc) is 2.21. The Balaban J connectivity index is 0.00000169. The molecule has 0 aliphatic carbocycles. The summed E-state index contributed by atoms with van der Waals surface area (Å²) in [6.45, 7) is 5.45. The third kappa shape index (κ3) is 3.21. The summed E-state index contributed by atoms with van der Waals surface area (Å²) >= 11 is 0. The van der Waals surface area contributed by atoms with E-state index in [2.05, 4.69) is 6.07 Å². The molecule has 0 bridgehead atoms. The van der Waals surface area contributed by atoms with Gasteiger partial charge >= 0.3 is 18.9 Å². The second-order valence-corrected chi connectivity index (χ2v) is 2.75. The molecule has 0 aromatic heterocycles. The van der Waals surface area contributed by atoms with E-state index in [1.54, 1.807) is 17.0 Å². The number of nitrogens with zero attached hydrogens (tertiary/aromatic N) is 1. The minimum Gasteiger partial charge on any atom is -0.379 e. The maximum atomic E-state index is 11.7. The molecule has 0 spiro atoms. The molecule has 1 aromatic carbocycles. The summed E-state index contributed by atoms with van der Waals surface area (Å²) in [5, 5.41) is 0. The minimum absolute atomic E-state index is 0. The fraction of sp³-hybridized carbons (Fsp3) is 0.364. The first-order valence-electron chi connectivity index (χ1n) is 4.55. The van der Waals surface area contributed by atoms with Crippen LogP contribution in [0.5, 0.6) is 0 Å². The number of hydrogen-bond acceptors (Lipinski definition) is 1. The van der Waals surface area contributed by atoms with E-state index >= 15 is 0 Å². The minimum atomic E-state index is 0. The van der Waals surface area contributed by atoms with Crippen molar-refractivity contribution in [3.8, 4) is 0 Å². The van der Waals surface area contributed by atoms with E-state index in [-0.39, 0.29) is 24.8 Å². The zero-order valence-electron chi connectivity index (χ0n) is 9.08. The largest absolute Gasteiger partial charge is 1.00 e. The summed E-state index contributed by atoms with van der Waals surface area (Å²) in [5.41, 5.74) is 0.645. The average molecular weight is 183 g/mol. The van der Waals surface area contributed by atoms with Crippen molar-refractivity contribution < 1.29 is 23.7 Å². The number of carbonyl (C=O) groups is 1. The Morgan fingerprint density at radius 3 is 2.43 bits per heavy atom. The van der Waals surface area contributed by atoms with Crippen molar-refractivity contribution in [2.24, 2.45) is 0 Å². The van der Waals surface area contributed by atoms with E-state index < -0.39 is 0 Å². The molecule has 0 radical (unpaired) electrons. The molecule has 1 rings (SSSR count). The van der Waals surface area contributed by atoms with E-state index in [1.165, 1.54) is 0 Å². The van der Waals surface area contributed by atoms with E-state index in [4.69, 9.17) is 0 Å². The summed E-state index contributed by atoms with van der Waals surface area (Å²) in [6.07, 6.45) is 0. The number of amides is 1. The Labute approximate surface area is 97.5 Å². The molecule has 0 fully saturated rings. The predicted octanol–water partition coefficient (Wildman–Crippen LogP) is -1.03. The molecular formula is C11H14LiNO. The first-order valence-corrected chi connectivity index (χ1v) is 4.55. The van der Waals surface area contributed by atoms with Crippen molar-refractivity contribution in [1.29, 1.82) is 0 Å².